The Bertz CT molecular complexity index is 592. The van der Waals surface area contributed by atoms with Gasteiger partial charge in [0.2, 0.25) is 0 Å². The van der Waals surface area contributed by atoms with Crippen molar-refractivity contribution in [2.75, 3.05) is 0 Å². The lowest BCUT2D eigenvalue weighted by Gasteiger charge is -2.12. The maximum absolute atomic E-state index is 11.6. The van der Waals surface area contributed by atoms with Crippen molar-refractivity contribution in [2.45, 2.75) is 12.8 Å². The molecule has 2 rings (SSSR count). The molecule has 0 unspecified atom stereocenters. The summed E-state index contributed by atoms with van der Waals surface area (Å²) < 4.78 is 9.94. The normalized spacial score (nSPS) is 16.8. The van der Waals surface area contributed by atoms with E-state index in [0.29, 0.717) is 22.7 Å². The fourth-order valence-electron chi connectivity index (χ4n) is 1.67. The number of carbonyl (C=O) groups is 1. The summed E-state index contributed by atoms with van der Waals surface area (Å²) in [4.78, 5) is 32.6. The highest BCUT2D eigenvalue weighted by Crippen LogP contribution is 2.20. The van der Waals surface area contributed by atoms with E-state index in [1.54, 1.807) is 48.3 Å². The van der Waals surface area contributed by atoms with Crippen LogP contribution in [0.25, 0.3) is 0 Å². The second-order valence-corrected chi connectivity index (χ2v) is 4.05. The Hall–Kier alpha value is -2.87. The monoisotopic (exact) mass is 270 g/mol. The molecule has 0 aromatic carbocycles. The standard InChI is InChI=1S/C15H10O5/c16-9-11-3-1-5-13(7-11)19-15(18)20-14-6-2-4-12(8-14)10-17/h1-6H,7-8H2. The number of rotatable bonds is 2. The lowest BCUT2D eigenvalue weighted by molar-refractivity contribution is 0.0990. The van der Waals surface area contributed by atoms with Crippen LogP contribution < -0.4 is 0 Å². The summed E-state index contributed by atoms with van der Waals surface area (Å²) in [6.45, 7) is 0. The lowest BCUT2D eigenvalue weighted by Crippen LogP contribution is -2.09. The molecule has 100 valence electrons. The zero-order chi connectivity index (χ0) is 14.4. The van der Waals surface area contributed by atoms with Gasteiger partial charge in [-0.05, 0) is 24.3 Å². The molecule has 2 aliphatic carbocycles. The van der Waals surface area contributed by atoms with Gasteiger partial charge < -0.3 is 9.47 Å². The third-order valence-electron chi connectivity index (χ3n) is 2.58. The summed E-state index contributed by atoms with van der Waals surface area (Å²) in [7, 11) is 0. The summed E-state index contributed by atoms with van der Waals surface area (Å²) >= 11 is 0. The molecular weight excluding hydrogens is 260 g/mol. The predicted octanol–water partition coefficient (Wildman–Crippen LogP) is 2.34. The van der Waals surface area contributed by atoms with Crippen molar-refractivity contribution in [1.82, 2.24) is 0 Å². The molecule has 0 N–H and O–H groups in total. The van der Waals surface area contributed by atoms with Crippen LogP contribution >= 0.6 is 0 Å². The average molecular weight is 270 g/mol. The zero-order valence-electron chi connectivity index (χ0n) is 10.4. The molecule has 0 spiro atoms. The number of carbonyl (C=O) groups excluding carboxylic acids is 3. The number of allylic oxidation sites excluding steroid dienone is 8. The van der Waals surface area contributed by atoms with Crippen molar-refractivity contribution in [3.8, 4) is 0 Å². The van der Waals surface area contributed by atoms with Crippen LogP contribution in [0.4, 0.5) is 4.79 Å². The minimum absolute atomic E-state index is 0.188. The largest absolute Gasteiger partial charge is 0.518 e. The van der Waals surface area contributed by atoms with E-state index >= 15 is 0 Å². The second-order valence-electron chi connectivity index (χ2n) is 4.05. The van der Waals surface area contributed by atoms with Gasteiger partial charge in [0.25, 0.3) is 0 Å². The van der Waals surface area contributed by atoms with Gasteiger partial charge in [0.1, 0.15) is 23.4 Å². The molecule has 0 fully saturated rings. The smallest absolute Gasteiger partial charge is 0.399 e. The summed E-state index contributed by atoms with van der Waals surface area (Å²) in [5.74, 6) is 4.08. The lowest BCUT2D eigenvalue weighted by atomic mass is 10.1. The predicted molar refractivity (Wildman–Crippen MR) is 69.7 cm³/mol. The van der Waals surface area contributed by atoms with Crippen molar-refractivity contribution < 1.29 is 23.9 Å². The van der Waals surface area contributed by atoms with Gasteiger partial charge >= 0.3 is 6.16 Å². The van der Waals surface area contributed by atoms with Crippen LogP contribution in [0, 0.1) is 0 Å². The molecule has 0 heterocycles. The van der Waals surface area contributed by atoms with Gasteiger partial charge in [-0.2, -0.15) is 0 Å². The molecule has 2 aliphatic rings. The summed E-state index contributed by atoms with van der Waals surface area (Å²) in [5, 5.41) is 0. The fraction of sp³-hybridized carbons (Fsp3) is 0.133. The summed E-state index contributed by atoms with van der Waals surface area (Å²) in [6, 6.07) is 0. The third kappa shape index (κ3) is 3.56. The van der Waals surface area contributed by atoms with Crippen molar-refractivity contribution >= 4 is 18.0 Å². The molecular formula is C15H10O5. The minimum Gasteiger partial charge on any atom is -0.399 e. The van der Waals surface area contributed by atoms with Crippen LogP contribution in [0.15, 0.2) is 59.1 Å². The maximum atomic E-state index is 11.6. The van der Waals surface area contributed by atoms with E-state index in [-0.39, 0.29) is 12.8 Å². The van der Waals surface area contributed by atoms with E-state index in [1.165, 1.54) is 0 Å². The molecule has 0 radical (unpaired) electrons. The molecule has 0 saturated carbocycles. The van der Waals surface area contributed by atoms with Gasteiger partial charge in [0.15, 0.2) is 0 Å². The molecule has 0 atom stereocenters. The molecule has 0 aliphatic heterocycles. The van der Waals surface area contributed by atoms with Crippen molar-refractivity contribution in [1.29, 1.82) is 0 Å². The minimum atomic E-state index is -0.913. The Labute approximate surface area is 114 Å². The quantitative estimate of drug-likeness (QED) is 0.569. The SMILES string of the molecule is O=C=C1C=CC=C(OC(=O)OC2=CC=CC(=C=O)C2)C1. The highest BCUT2D eigenvalue weighted by atomic mass is 16.7. The van der Waals surface area contributed by atoms with Gasteiger partial charge in [-0.3, -0.25) is 0 Å². The topological polar surface area (TPSA) is 69.7 Å². The Balaban J connectivity index is 1.94. The van der Waals surface area contributed by atoms with E-state index in [4.69, 9.17) is 9.47 Å². The highest BCUT2D eigenvalue weighted by molar-refractivity contribution is 5.66. The molecule has 0 aromatic heterocycles. The fourth-order valence-corrected chi connectivity index (χ4v) is 1.67. The highest BCUT2D eigenvalue weighted by Gasteiger charge is 2.16. The Morgan fingerprint density at radius 3 is 1.75 bits per heavy atom. The average Bonchev–Trinajstić information content (AvgIpc) is 2.47. The molecule has 5 nitrogen and oxygen atoms in total. The Morgan fingerprint density at radius 2 is 1.35 bits per heavy atom. The van der Waals surface area contributed by atoms with Gasteiger partial charge in [-0.1, -0.05) is 12.2 Å². The first-order valence-corrected chi connectivity index (χ1v) is 5.83. The first kappa shape index (κ1) is 13.6. The Morgan fingerprint density at radius 1 is 0.900 bits per heavy atom. The van der Waals surface area contributed by atoms with Crippen molar-refractivity contribution in [3.63, 3.8) is 0 Å². The molecule has 0 saturated heterocycles. The zero-order valence-corrected chi connectivity index (χ0v) is 10.4. The van der Waals surface area contributed by atoms with Crippen molar-refractivity contribution in [2.24, 2.45) is 0 Å². The van der Waals surface area contributed by atoms with Crippen molar-refractivity contribution in [3.05, 3.63) is 59.1 Å². The van der Waals surface area contributed by atoms with Gasteiger partial charge in [-0.25, -0.2) is 14.4 Å². The van der Waals surface area contributed by atoms with Crippen LogP contribution in [0.1, 0.15) is 12.8 Å². The van der Waals surface area contributed by atoms with Gasteiger partial charge in [0.05, 0.1) is 0 Å². The van der Waals surface area contributed by atoms with Gasteiger partial charge in [0, 0.05) is 24.0 Å². The van der Waals surface area contributed by atoms with E-state index in [9.17, 15) is 14.4 Å². The Kier molecular flexibility index (Phi) is 4.30. The molecule has 5 heteroatoms. The van der Waals surface area contributed by atoms with E-state index in [1.807, 2.05) is 0 Å². The van der Waals surface area contributed by atoms with E-state index < -0.39 is 6.16 Å². The van der Waals surface area contributed by atoms with Gasteiger partial charge in [-0.15, -0.1) is 0 Å². The summed E-state index contributed by atoms with van der Waals surface area (Å²) in [5.41, 5.74) is 0.780. The van der Waals surface area contributed by atoms with Crippen LogP contribution in [0.2, 0.25) is 0 Å². The molecule has 0 amide bonds. The van der Waals surface area contributed by atoms with Crippen LogP contribution in [0.3, 0.4) is 0 Å². The number of hydrogen-bond acceptors (Lipinski definition) is 5. The van der Waals surface area contributed by atoms with Crippen LogP contribution in [-0.2, 0) is 19.1 Å². The first-order chi connectivity index (χ1) is 9.71. The van der Waals surface area contributed by atoms with Crippen LogP contribution in [-0.4, -0.2) is 18.0 Å². The first-order valence-electron chi connectivity index (χ1n) is 5.83. The molecule has 0 aromatic rings. The third-order valence-corrected chi connectivity index (χ3v) is 2.58. The maximum Gasteiger partial charge on any atom is 0.518 e. The second kappa shape index (κ2) is 6.34. The summed E-state index contributed by atoms with van der Waals surface area (Å²) in [6.07, 6.45) is 8.93. The number of ether oxygens (including phenoxy) is 2. The van der Waals surface area contributed by atoms with Crippen LogP contribution in [0.5, 0.6) is 0 Å². The molecule has 0 bridgehead atoms. The van der Waals surface area contributed by atoms with E-state index in [0.717, 1.165) is 0 Å². The van der Waals surface area contributed by atoms with E-state index in [2.05, 4.69) is 0 Å². The number of hydrogen-bond donors (Lipinski definition) is 0. The molecule has 20 heavy (non-hydrogen) atoms.